The Morgan fingerprint density at radius 1 is 1.25 bits per heavy atom. The van der Waals surface area contributed by atoms with Crippen molar-refractivity contribution in [3.05, 3.63) is 45.3 Å². The summed E-state index contributed by atoms with van der Waals surface area (Å²) in [6.07, 6.45) is 2.38. The summed E-state index contributed by atoms with van der Waals surface area (Å²) in [7, 11) is 0. The first kappa shape index (κ1) is 24.6. The molecule has 1 aliphatic carbocycles. The third-order valence-electron chi connectivity index (χ3n) is 4.85. The van der Waals surface area contributed by atoms with Crippen molar-refractivity contribution in [2.24, 2.45) is 5.92 Å². The van der Waals surface area contributed by atoms with Gasteiger partial charge in [-0.3, -0.25) is 9.59 Å². The smallest absolute Gasteiger partial charge is 0.341 e. The second-order valence-corrected chi connectivity index (χ2v) is 10.6. The van der Waals surface area contributed by atoms with Crippen LogP contribution in [0, 0.1) is 5.92 Å². The molecule has 1 aliphatic rings. The van der Waals surface area contributed by atoms with Crippen LogP contribution in [-0.4, -0.2) is 36.3 Å². The van der Waals surface area contributed by atoms with Gasteiger partial charge in [-0.1, -0.05) is 18.5 Å². The molecular formula is C23H26ClNO5S2. The number of nitrogens with one attached hydrogen (secondary N) is 1. The van der Waals surface area contributed by atoms with E-state index < -0.39 is 24.5 Å². The Balaban J connectivity index is 1.59. The lowest BCUT2D eigenvalue weighted by molar-refractivity contribution is -0.144. The van der Waals surface area contributed by atoms with Gasteiger partial charge in [0.25, 0.3) is 5.91 Å². The van der Waals surface area contributed by atoms with Gasteiger partial charge in [-0.2, -0.15) is 0 Å². The minimum atomic E-state index is -0.501. The highest BCUT2D eigenvalue weighted by Gasteiger charge is 2.29. The van der Waals surface area contributed by atoms with Crippen molar-refractivity contribution in [3.8, 4) is 0 Å². The number of halogens is 1. The van der Waals surface area contributed by atoms with Crippen molar-refractivity contribution >= 4 is 57.5 Å². The summed E-state index contributed by atoms with van der Waals surface area (Å²) in [5.41, 5.74) is 1.40. The predicted octanol–water partition coefficient (Wildman–Crippen LogP) is 5.37. The fourth-order valence-electron chi connectivity index (χ4n) is 3.35. The molecule has 1 unspecified atom stereocenters. The summed E-state index contributed by atoms with van der Waals surface area (Å²) in [5, 5.41) is 3.84. The van der Waals surface area contributed by atoms with E-state index in [1.165, 1.54) is 23.1 Å². The lowest BCUT2D eigenvalue weighted by atomic mass is 9.88. The van der Waals surface area contributed by atoms with Gasteiger partial charge in [-0.15, -0.1) is 23.1 Å². The molecule has 9 heteroatoms. The van der Waals surface area contributed by atoms with E-state index in [9.17, 15) is 14.4 Å². The quantitative estimate of drug-likeness (QED) is 0.392. The molecule has 1 aromatic carbocycles. The van der Waals surface area contributed by atoms with Gasteiger partial charge < -0.3 is 14.8 Å². The highest BCUT2D eigenvalue weighted by atomic mass is 35.5. The minimum absolute atomic E-state index is 0.0755. The molecule has 6 nitrogen and oxygen atoms in total. The number of anilines is 1. The van der Waals surface area contributed by atoms with E-state index in [-0.39, 0.29) is 11.9 Å². The largest absolute Gasteiger partial charge is 0.459 e. The van der Waals surface area contributed by atoms with Crippen molar-refractivity contribution < 1.29 is 23.9 Å². The van der Waals surface area contributed by atoms with Gasteiger partial charge in [0.15, 0.2) is 6.61 Å². The number of carbonyl (C=O) groups is 3. The van der Waals surface area contributed by atoms with Crippen LogP contribution < -0.4 is 5.32 Å². The first-order valence-corrected chi connectivity index (χ1v) is 12.6. The van der Waals surface area contributed by atoms with Crippen molar-refractivity contribution in [1.82, 2.24) is 0 Å². The molecule has 0 saturated heterocycles. The van der Waals surface area contributed by atoms with Crippen LogP contribution in [-0.2, 0) is 31.9 Å². The van der Waals surface area contributed by atoms with Crippen LogP contribution in [0.15, 0.2) is 29.2 Å². The molecule has 1 aromatic heterocycles. The molecule has 0 fully saturated rings. The molecule has 1 atom stereocenters. The number of rotatable bonds is 8. The normalized spacial score (nSPS) is 15.2. The monoisotopic (exact) mass is 495 g/mol. The van der Waals surface area contributed by atoms with Crippen molar-refractivity contribution in [3.63, 3.8) is 0 Å². The van der Waals surface area contributed by atoms with E-state index in [0.29, 0.717) is 21.5 Å². The number of fused-ring (bicyclic) bond motifs is 1. The standard InChI is InChI=1S/C23H26ClNO5S2/c1-13(2)30-23(28)21-17-9-4-14(3)10-18(17)32-22(21)25-19(26)11-29-20(27)12-31-16-7-5-15(24)6-8-16/h5-8,13-14H,4,9-12H2,1-3H3,(H,25,26). The first-order chi connectivity index (χ1) is 15.2. The maximum atomic E-state index is 12.7. The van der Waals surface area contributed by atoms with Gasteiger partial charge in [0.2, 0.25) is 0 Å². The van der Waals surface area contributed by atoms with Gasteiger partial charge in [0.1, 0.15) is 5.00 Å². The number of thiophene rings is 1. The Hall–Kier alpha value is -2.03. The predicted molar refractivity (Wildman–Crippen MR) is 128 cm³/mol. The summed E-state index contributed by atoms with van der Waals surface area (Å²) in [4.78, 5) is 39.2. The maximum Gasteiger partial charge on any atom is 0.341 e. The van der Waals surface area contributed by atoms with Crippen molar-refractivity contribution in [2.75, 3.05) is 17.7 Å². The number of carbonyl (C=O) groups excluding carboxylic acids is 3. The zero-order valence-corrected chi connectivity index (χ0v) is 20.6. The fraction of sp³-hybridized carbons (Fsp3) is 0.435. The molecule has 0 radical (unpaired) electrons. The summed E-state index contributed by atoms with van der Waals surface area (Å²) in [6, 6.07) is 7.10. The Bertz CT molecular complexity index is 987. The first-order valence-electron chi connectivity index (χ1n) is 10.4. The number of hydrogen-bond donors (Lipinski definition) is 1. The highest BCUT2D eigenvalue weighted by molar-refractivity contribution is 8.00. The van der Waals surface area contributed by atoms with Gasteiger partial charge >= 0.3 is 11.9 Å². The number of hydrogen-bond acceptors (Lipinski definition) is 7. The molecular weight excluding hydrogens is 470 g/mol. The fourth-order valence-corrected chi connectivity index (χ4v) is 5.59. The molecule has 3 rings (SSSR count). The second-order valence-electron chi connectivity index (χ2n) is 7.96. The van der Waals surface area contributed by atoms with E-state index in [0.717, 1.165) is 34.6 Å². The van der Waals surface area contributed by atoms with Crippen molar-refractivity contribution in [1.29, 1.82) is 0 Å². The van der Waals surface area contributed by atoms with Crippen LogP contribution in [0.3, 0.4) is 0 Å². The Morgan fingerprint density at radius 3 is 2.66 bits per heavy atom. The number of esters is 2. The lowest BCUT2D eigenvalue weighted by Gasteiger charge is -2.18. The molecule has 1 amide bonds. The van der Waals surface area contributed by atoms with Crippen LogP contribution in [0.5, 0.6) is 0 Å². The molecule has 1 heterocycles. The van der Waals surface area contributed by atoms with E-state index in [1.807, 2.05) is 12.1 Å². The third kappa shape index (κ3) is 6.73. The maximum absolute atomic E-state index is 12.7. The zero-order chi connectivity index (χ0) is 23.3. The third-order valence-corrected chi connectivity index (χ3v) is 7.25. The van der Waals surface area contributed by atoms with E-state index >= 15 is 0 Å². The summed E-state index contributed by atoms with van der Waals surface area (Å²) >= 11 is 8.55. The molecule has 172 valence electrons. The van der Waals surface area contributed by atoms with Crippen LogP contribution in [0.1, 0.15) is 48.0 Å². The van der Waals surface area contributed by atoms with Gasteiger partial charge in [0, 0.05) is 14.8 Å². The van der Waals surface area contributed by atoms with Crippen LogP contribution in [0.2, 0.25) is 5.02 Å². The molecule has 32 heavy (non-hydrogen) atoms. The molecule has 1 N–H and O–H groups in total. The average molecular weight is 496 g/mol. The van der Waals surface area contributed by atoms with E-state index in [4.69, 9.17) is 21.1 Å². The Labute approximate surface area is 201 Å². The molecule has 0 bridgehead atoms. The Morgan fingerprint density at radius 2 is 1.97 bits per heavy atom. The highest BCUT2D eigenvalue weighted by Crippen LogP contribution is 2.40. The molecule has 0 saturated carbocycles. The topological polar surface area (TPSA) is 81.7 Å². The van der Waals surface area contributed by atoms with Crippen LogP contribution in [0.4, 0.5) is 5.00 Å². The number of benzene rings is 1. The van der Waals surface area contributed by atoms with Crippen LogP contribution in [0.25, 0.3) is 0 Å². The van der Waals surface area contributed by atoms with Gasteiger partial charge in [-0.05, 0) is 68.9 Å². The van der Waals surface area contributed by atoms with Crippen LogP contribution >= 0.6 is 34.7 Å². The minimum Gasteiger partial charge on any atom is -0.459 e. The number of amides is 1. The number of ether oxygens (including phenoxy) is 2. The second kappa shape index (κ2) is 11.2. The van der Waals surface area contributed by atoms with E-state index in [2.05, 4.69) is 12.2 Å². The lowest BCUT2D eigenvalue weighted by Crippen LogP contribution is -2.23. The van der Waals surface area contributed by atoms with Gasteiger partial charge in [0.05, 0.1) is 17.4 Å². The number of thioether (sulfide) groups is 1. The summed E-state index contributed by atoms with van der Waals surface area (Å²) in [6.45, 7) is 5.34. The van der Waals surface area contributed by atoms with Gasteiger partial charge in [-0.25, -0.2) is 4.79 Å². The SMILES string of the molecule is CC1CCc2c(sc(NC(=O)COC(=O)CSc3ccc(Cl)cc3)c2C(=O)OC(C)C)C1. The molecule has 0 spiro atoms. The molecule has 2 aromatic rings. The average Bonchev–Trinajstić information content (AvgIpc) is 3.08. The summed E-state index contributed by atoms with van der Waals surface area (Å²) in [5.74, 6) is -0.818. The summed E-state index contributed by atoms with van der Waals surface area (Å²) < 4.78 is 10.5. The molecule has 0 aliphatic heterocycles. The zero-order valence-electron chi connectivity index (χ0n) is 18.2. The van der Waals surface area contributed by atoms with Crippen molar-refractivity contribution in [2.45, 2.75) is 51.0 Å². The Kier molecular flexibility index (Phi) is 8.62. The van der Waals surface area contributed by atoms with E-state index in [1.54, 1.807) is 26.0 Å².